The average Bonchev–Trinajstić information content (AvgIpc) is 2.65. The third-order valence-electron chi connectivity index (χ3n) is 3.95. The maximum atomic E-state index is 13.0. The first kappa shape index (κ1) is 21.0. The van der Waals surface area contributed by atoms with Crippen molar-refractivity contribution in [1.29, 1.82) is 0 Å². The van der Waals surface area contributed by atoms with Gasteiger partial charge in [-0.25, -0.2) is 4.39 Å². The van der Waals surface area contributed by atoms with Crippen LogP contribution >= 0.6 is 23.2 Å². The number of hydrogen-bond donors (Lipinski definition) is 1. The van der Waals surface area contributed by atoms with E-state index in [1.807, 2.05) is 0 Å². The van der Waals surface area contributed by atoms with Crippen LogP contribution in [-0.4, -0.2) is 36.4 Å². The lowest BCUT2D eigenvalue weighted by Crippen LogP contribution is -2.48. The lowest BCUT2D eigenvalue weighted by Gasteiger charge is -2.28. The van der Waals surface area contributed by atoms with Crippen LogP contribution in [0.2, 0.25) is 10.0 Å². The first-order valence-corrected chi connectivity index (χ1v) is 8.90. The summed E-state index contributed by atoms with van der Waals surface area (Å²) < 4.78 is 18.4. The number of carbonyl (C=O) groups excluding carboxylic acids is 2. The molecule has 2 aromatic carbocycles. The van der Waals surface area contributed by atoms with E-state index in [1.54, 1.807) is 25.1 Å². The van der Waals surface area contributed by atoms with Crippen molar-refractivity contribution in [2.45, 2.75) is 19.5 Å². The minimum Gasteiger partial charge on any atom is -0.484 e. The van der Waals surface area contributed by atoms with E-state index in [2.05, 4.69) is 5.32 Å². The SMILES string of the molecule is CNC(=O)[C@@H](C)N(Cc1ccc(Cl)cc1Cl)C(=O)COc1ccc(F)cc1. The van der Waals surface area contributed by atoms with Crippen LogP contribution in [-0.2, 0) is 16.1 Å². The molecule has 2 rings (SSSR count). The van der Waals surface area contributed by atoms with Crippen molar-refractivity contribution in [1.82, 2.24) is 10.2 Å². The third kappa shape index (κ3) is 5.84. The van der Waals surface area contributed by atoms with Crippen molar-refractivity contribution in [3.8, 4) is 5.75 Å². The van der Waals surface area contributed by atoms with E-state index in [-0.39, 0.29) is 19.1 Å². The molecule has 0 heterocycles. The summed E-state index contributed by atoms with van der Waals surface area (Å²) in [5.74, 6) is -0.792. The standard InChI is InChI=1S/C19H19Cl2FN2O3/c1-12(19(26)23-2)24(10-13-3-4-14(20)9-17(13)21)18(25)11-27-16-7-5-15(22)6-8-16/h3-9,12H,10-11H2,1-2H3,(H,23,26)/t12-/m1/s1. The predicted octanol–water partition coefficient (Wildman–Crippen LogP) is 3.67. The second-order valence-electron chi connectivity index (χ2n) is 5.79. The molecule has 0 fully saturated rings. The fourth-order valence-corrected chi connectivity index (χ4v) is 2.85. The first-order chi connectivity index (χ1) is 12.8. The number of rotatable bonds is 7. The number of amides is 2. The van der Waals surface area contributed by atoms with E-state index in [0.717, 1.165) is 0 Å². The van der Waals surface area contributed by atoms with Gasteiger partial charge in [0, 0.05) is 23.6 Å². The maximum absolute atomic E-state index is 13.0. The van der Waals surface area contributed by atoms with Gasteiger partial charge in [-0.1, -0.05) is 29.3 Å². The molecule has 2 aromatic rings. The minimum absolute atomic E-state index is 0.107. The predicted molar refractivity (Wildman–Crippen MR) is 102 cm³/mol. The molecular weight excluding hydrogens is 394 g/mol. The fourth-order valence-electron chi connectivity index (χ4n) is 2.38. The highest BCUT2D eigenvalue weighted by Crippen LogP contribution is 2.23. The van der Waals surface area contributed by atoms with Gasteiger partial charge in [-0.3, -0.25) is 9.59 Å². The highest BCUT2D eigenvalue weighted by Gasteiger charge is 2.26. The molecule has 5 nitrogen and oxygen atoms in total. The number of hydrogen-bond acceptors (Lipinski definition) is 3. The third-order valence-corrected chi connectivity index (χ3v) is 4.53. The lowest BCUT2D eigenvalue weighted by molar-refractivity contribution is -0.142. The molecule has 0 aliphatic heterocycles. The number of likely N-dealkylation sites (N-methyl/N-ethyl adjacent to an activating group) is 1. The molecule has 0 spiro atoms. The zero-order valence-electron chi connectivity index (χ0n) is 14.8. The first-order valence-electron chi connectivity index (χ1n) is 8.15. The van der Waals surface area contributed by atoms with Gasteiger partial charge in [0.2, 0.25) is 5.91 Å². The van der Waals surface area contributed by atoms with Crippen LogP contribution < -0.4 is 10.1 Å². The Kier molecular flexibility index (Phi) is 7.45. The number of nitrogens with one attached hydrogen (secondary N) is 1. The lowest BCUT2D eigenvalue weighted by atomic mass is 10.1. The van der Waals surface area contributed by atoms with E-state index in [1.165, 1.54) is 36.2 Å². The van der Waals surface area contributed by atoms with Crippen molar-refractivity contribution in [2.75, 3.05) is 13.7 Å². The Labute approximate surface area is 167 Å². The molecule has 8 heteroatoms. The van der Waals surface area contributed by atoms with Crippen LogP contribution in [0.25, 0.3) is 0 Å². The number of ether oxygens (including phenoxy) is 1. The van der Waals surface area contributed by atoms with Crippen molar-refractivity contribution in [2.24, 2.45) is 0 Å². The van der Waals surface area contributed by atoms with E-state index in [9.17, 15) is 14.0 Å². The Morgan fingerprint density at radius 2 is 1.85 bits per heavy atom. The topological polar surface area (TPSA) is 58.6 Å². The summed E-state index contributed by atoms with van der Waals surface area (Å²) >= 11 is 12.1. The molecule has 0 aromatic heterocycles. The van der Waals surface area contributed by atoms with Gasteiger partial charge in [0.15, 0.2) is 6.61 Å². The van der Waals surface area contributed by atoms with Crippen LogP contribution in [0.3, 0.4) is 0 Å². The smallest absolute Gasteiger partial charge is 0.261 e. The molecule has 0 unspecified atom stereocenters. The summed E-state index contributed by atoms with van der Waals surface area (Å²) in [4.78, 5) is 26.1. The number of halogens is 3. The summed E-state index contributed by atoms with van der Waals surface area (Å²) in [5.41, 5.74) is 0.645. The Balaban J connectivity index is 2.16. The van der Waals surface area contributed by atoms with Gasteiger partial charge < -0.3 is 15.0 Å². The summed E-state index contributed by atoms with van der Waals surface area (Å²) in [6.07, 6.45) is 0. The van der Waals surface area contributed by atoms with Crippen LogP contribution in [0, 0.1) is 5.82 Å². The van der Waals surface area contributed by atoms with E-state index >= 15 is 0 Å². The van der Waals surface area contributed by atoms with Gasteiger partial charge in [0.25, 0.3) is 5.91 Å². The molecule has 1 N–H and O–H groups in total. The Bertz CT molecular complexity index is 815. The summed E-state index contributed by atoms with van der Waals surface area (Å²) in [6.45, 7) is 1.41. The van der Waals surface area contributed by atoms with Crippen LogP contribution in [0.4, 0.5) is 4.39 Å². The highest BCUT2D eigenvalue weighted by atomic mass is 35.5. The van der Waals surface area contributed by atoms with Gasteiger partial charge in [-0.05, 0) is 48.9 Å². The second-order valence-corrected chi connectivity index (χ2v) is 6.63. The average molecular weight is 413 g/mol. The molecule has 27 heavy (non-hydrogen) atoms. The fraction of sp³-hybridized carbons (Fsp3) is 0.263. The largest absolute Gasteiger partial charge is 0.484 e. The maximum Gasteiger partial charge on any atom is 0.261 e. The zero-order valence-corrected chi connectivity index (χ0v) is 16.4. The quantitative estimate of drug-likeness (QED) is 0.754. The van der Waals surface area contributed by atoms with Crippen LogP contribution in [0.5, 0.6) is 5.75 Å². The molecule has 0 aliphatic carbocycles. The molecule has 0 saturated heterocycles. The number of benzene rings is 2. The number of carbonyl (C=O) groups is 2. The van der Waals surface area contributed by atoms with Gasteiger partial charge in [-0.15, -0.1) is 0 Å². The van der Waals surface area contributed by atoms with Gasteiger partial charge in [0.1, 0.15) is 17.6 Å². The molecule has 0 saturated carbocycles. The van der Waals surface area contributed by atoms with E-state index < -0.39 is 17.8 Å². The Morgan fingerprint density at radius 1 is 1.19 bits per heavy atom. The molecule has 0 aliphatic rings. The van der Waals surface area contributed by atoms with Gasteiger partial charge >= 0.3 is 0 Å². The minimum atomic E-state index is -0.744. The highest BCUT2D eigenvalue weighted by molar-refractivity contribution is 6.35. The van der Waals surface area contributed by atoms with Crippen molar-refractivity contribution < 1.29 is 18.7 Å². The van der Waals surface area contributed by atoms with Crippen LogP contribution in [0.1, 0.15) is 12.5 Å². The van der Waals surface area contributed by atoms with Crippen molar-refractivity contribution in [3.05, 3.63) is 63.9 Å². The van der Waals surface area contributed by atoms with Gasteiger partial charge in [0.05, 0.1) is 0 Å². The molecular formula is C19H19Cl2FN2O3. The number of nitrogens with zero attached hydrogens (tertiary/aromatic N) is 1. The van der Waals surface area contributed by atoms with E-state index in [4.69, 9.17) is 27.9 Å². The monoisotopic (exact) mass is 412 g/mol. The second kappa shape index (κ2) is 9.58. The van der Waals surface area contributed by atoms with Gasteiger partial charge in [-0.2, -0.15) is 0 Å². The molecule has 0 bridgehead atoms. The van der Waals surface area contributed by atoms with Crippen molar-refractivity contribution in [3.63, 3.8) is 0 Å². The Morgan fingerprint density at radius 3 is 2.44 bits per heavy atom. The summed E-state index contributed by atoms with van der Waals surface area (Å²) in [6, 6.07) is 9.49. The van der Waals surface area contributed by atoms with E-state index in [0.29, 0.717) is 21.4 Å². The molecule has 1 atom stereocenters. The summed E-state index contributed by atoms with van der Waals surface area (Å²) in [7, 11) is 1.49. The molecule has 2 amide bonds. The molecule has 0 radical (unpaired) electrons. The molecule has 144 valence electrons. The zero-order chi connectivity index (χ0) is 20.0. The van der Waals surface area contributed by atoms with Crippen molar-refractivity contribution >= 4 is 35.0 Å². The van der Waals surface area contributed by atoms with Crippen LogP contribution in [0.15, 0.2) is 42.5 Å². The summed E-state index contributed by atoms with van der Waals surface area (Å²) in [5, 5.41) is 3.39. The normalized spacial score (nSPS) is 11.6. The Hall–Kier alpha value is -2.31.